The lowest BCUT2D eigenvalue weighted by molar-refractivity contribution is -0.144. The molecule has 0 radical (unpaired) electrons. The van der Waals surface area contributed by atoms with E-state index < -0.39 is 36.3 Å². The number of carbonyl (C=O) groups excluding carboxylic acids is 3. The van der Waals surface area contributed by atoms with Crippen molar-refractivity contribution >= 4 is 17.9 Å². The molecule has 2 unspecified atom stereocenters. The predicted octanol–water partition coefficient (Wildman–Crippen LogP) is 3.14. The zero-order valence-electron chi connectivity index (χ0n) is 20.7. The molecule has 2 atom stereocenters. The van der Waals surface area contributed by atoms with Crippen LogP contribution in [0.5, 0.6) is 0 Å². The van der Waals surface area contributed by atoms with Crippen LogP contribution >= 0.6 is 0 Å². The quantitative estimate of drug-likeness (QED) is 0.464. The first-order valence-electron chi connectivity index (χ1n) is 11.7. The molecule has 1 fully saturated rings. The normalized spacial score (nSPS) is 15.4. The van der Waals surface area contributed by atoms with Gasteiger partial charge in [-0.15, -0.1) is 0 Å². The van der Waals surface area contributed by atoms with Gasteiger partial charge in [-0.05, 0) is 59.4 Å². The lowest BCUT2D eigenvalue weighted by Crippen LogP contribution is -2.55. The average Bonchev–Trinajstić information content (AvgIpc) is 3.52. The van der Waals surface area contributed by atoms with E-state index in [0.29, 0.717) is 6.54 Å². The summed E-state index contributed by atoms with van der Waals surface area (Å²) in [5.41, 5.74) is 1.95. The van der Waals surface area contributed by atoms with Gasteiger partial charge in [0.15, 0.2) is 0 Å². The molecule has 0 saturated heterocycles. The van der Waals surface area contributed by atoms with Crippen LogP contribution in [0.25, 0.3) is 0 Å². The van der Waals surface area contributed by atoms with Gasteiger partial charge in [0, 0.05) is 12.6 Å². The number of benzene rings is 1. The van der Waals surface area contributed by atoms with Gasteiger partial charge in [-0.2, -0.15) is 0 Å². The van der Waals surface area contributed by atoms with Gasteiger partial charge in [0.25, 0.3) is 0 Å². The Morgan fingerprint density at radius 3 is 2.24 bits per heavy atom. The summed E-state index contributed by atoms with van der Waals surface area (Å²) in [6.07, 6.45) is 2.51. The molecule has 1 aliphatic carbocycles. The fourth-order valence-corrected chi connectivity index (χ4v) is 3.78. The third kappa shape index (κ3) is 8.03. The van der Waals surface area contributed by atoms with E-state index in [1.54, 1.807) is 20.8 Å². The van der Waals surface area contributed by atoms with E-state index in [2.05, 4.69) is 10.6 Å². The van der Waals surface area contributed by atoms with Gasteiger partial charge < -0.3 is 25.4 Å². The van der Waals surface area contributed by atoms with E-state index >= 15 is 0 Å². The van der Waals surface area contributed by atoms with Crippen LogP contribution < -0.4 is 10.6 Å². The second-order valence-electron chi connectivity index (χ2n) is 9.83. The Hall–Kier alpha value is -2.61. The summed E-state index contributed by atoms with van der Waals surface area (Å²) in [6, 6.07) is 3.64. The van der Waals surface area contributed by atoms with Crippen LogP contribution in [0.15, 0.2) is 18.2 Å². The first-order chi connectivity index (χ1) is 15.5. The molecule has 1 aromatic rings. The number of aryl methyl sites for hydroxylation is 2. The maximum Gasteiger partial charge on any atom is 0.408 e. The molecular weight excluding hydrogens is 422 g/mol. The Morgan fingerprint density at radius 2 is 1.76 bits per heavy atom. The van der Waals surface area contributed by atoms with Crippen molar-refractivity contribution in [2.24, 2.45) is 0 Å². The molecule has 3 N–H and O–H groups in total. The molecule has 184 valence electrons. The smallest absolute Gasteiger partial charge is 0.408 e. The van der Waals surface area contributed by atoms with Gasteiger partial charge >= 0.3 is 6.09 Å². The van der Waals surface area contributed by atoms with E-state index in [4.69, 9.17) is 4.74 Å². The van der Waals surface area contributed by atoms with E-state index in [1.165, 1.54) is 4.90 Å². The predicted molar refractivity (Wildman–Crippen MR) is 127 cm³/mol. The number of amides is 3. The second-order valence-corrected chi connectivity index (χ2v) is 9.83. The third-order valence-electron chi connectivity index (χ3n) is 5.28. The van der Waals surface area contributed by atoms with Crippen molar-refractivity contribution in [3.8, 4) is 0 Å². The summed E-state index contributed by atoms with van der Waals surface area (Å²) in [5.74, 6) is -0.761. The summed E-state index contributed by atoms with van der Waals surface area (Å²) in [6.45, 7) is 11.0. The number of nitrogens with zero attached hydrogens (tertiary/aromatic N) is 1. The fraction of sp³-hybridized carbons (Fsp3) is 0.640. The van der Waals surface area contributed by atoms with Gasteiger partial charge in [-0.25, -0.2) is 4.79 Å². The van der Waals surface area contributed by atoms with Crippen LogP contribution in [0.4, 0.5) is 4.79 Å². The Labute approximate surface area is 197 Å². The molecule has 8 nitrogen and oxygen atoms in total. The Kier molecular flexibility index (Phi) is 9.28. The molecule has 1 aliphatic rings. The highest BCUT2D eigenvalue weighted by Gasteiger charge is 2.44. The van der Waals surface area contributed by atoms with E-state index in [9.17, 15) is 19.5 Å². The summed E-state index contributed by atoms with van der Waals surface area (Å²) < 4.78 is 5.25. The first kappa shape index (κ1) is 26.6. The van der Waals surface area contributed by atoms with E-state index in [1.807, 2.05) is 39.0 Å². The minimum Gasteiger partial charge on any atom is -0.444 e. The number of unbranched alkanes of at least 4 members (excludes halogenated alkanes) is 1. The van der Waals surface area contributed by atoms with Crippen LogP contribution in [0.3, 0.4) is 0 Å². The maximum absolute atomic E-state index is 13.6. The van der Waals surface area contributed by atoms with Crippen molar-refractivity contribution in [3.05, 3.63) is 34.9 Å². The monoisotopic (exact) mass is 461 g/mol. The molecule has 33 heavy (non-hydrogen) atoms. The molecule has 0 spiro atoms. The van der Waals surface area contributed by atoms with Crippen molar-refractivity contribution in [3.63, 3.8) is 0 Å². The molecular formula is C25H39N3O5. The molecule has 0 aromatic heterocycles. The summed E-state index contributed by atoms with van der Waals surface area (Å²) in [4.78, 5) is 40.8. The number of hydrogen-bond donors (Lipinski definition) is 3. The molecule has 2 rings (SSSR count). The SMILES string of the molecule is CCCCNC(=O)C(c1cc(C)cc(C)c1)N(C(=O)C(CO)NC(=O)OC(C)(C)C)C1CC1. The molecule has 0 aliphatic heterocycles. The number of alkyl carbamates (subject to hydrolysis) is 1. The lowest BCUT2D eigenvalue weighted by Gasteiger charge is -2.34. The number of rotatable bonds is 10. The van der Waals surface area contributed by atoms with Crippen LogP contribution in [-0.2, 0) is 14.3 Å². The van der Waals surface area contributed by atoms with Crippen molar-refractivity contribution < 1.29 is 24.2 Å². The maximum atomic E-state index is 13.6. The van der Waals surface area contributed by atoms with E-state index in [0.717, 1.165) is 42.4 Å². The molecule has 1 aromatic carbocycles. The third-order valence-corrected chi connectivity index (χ3v) is 5.28. The van der Waals surface area contributed by atoms with Gasteiger partial charge in [0.2, 0.25) is 11.8 Å². The van der Waals surface area contributed by atoms with Gasteiger partial charge in [0.1, 0.15) is 17.7 Å². The van der Waals surface area contributed by atoms with Gasteiger partial charge in [-0.1, -0.05) is 42.7 Å². The van der Waals surface area contributed by atoms with Crippen molar-refractivity contribution in [1.29, 1.82) is 0 Å². The van der Waals surface area contributed by atoms with Gasteiger partial charge in [0.05, 0.1) is 6.61 Å². The Balaban J connectivity index is 2.38. The zero-order valence-corrected chi connectivity index (χ0v) is 20.7. The highest BCUT2D eigenvalue weighted by Crippen LogP contribution is 2.36. The summed E-state index contributed by atoms with van der Waals surface area (Å²) >= 11 is 0. The summed E-state index contributed by atoms with van der Waals surface area (Å²) in [7, 11) is 0. The van der Waals surface area contributed by atoms with Crippen LogP contribution in [0.2, 0.25) is 0 Å². The number of aliphatic hydroxyl groups is 1. The largest absolute Gasteiger partial charge is 0.444 e. The molecule has 3 amide bonds. The number of ether oxygens (including phenoxy) is 1. The number of hydrogen-bond acceptors (Lipinski definition) is 5. The van der Waals surface area contributed by atoms with Gasteiger partial charge in [-0.3, -0.25) is 9.59 Å². The number of aliphatic hydroxyl groups excluding tert-OH is 1. The average molecular weight is 462 g/mol. The van der Waals surface area contributed by atoms with Crippen molar-refractivity contribution in [1.82, 2.24) is 15.5 Å². The molecule has 0 heterocycles. The first-order valence-corrected chi connectivity index (χ1v) is 11.7. The Bertz CT molecular complexity index is 825. The molecule has 0 bridgehead atoms. The molecule has 8 heteroatoms. The fourth-order valence-electron chi connectivity index (χ4n) is 3.78. The lowest BCUT2D eigenvalue weighted by atomic mass is 9.98. The van der Waals surface area contributed by atoms with Crippen LogP contribution in [0, 0.1) is 13.8 Å². The summed E-state index contributed by atoms with van der Waals surface area (Å²) in [5, 5.41) is 15.4. The zero-order chi connectivity index (χ0) is 24.8. The van der Waals surface area contributed by atoms with Crippen LogP contribution in [0.1, 0.15) is 76.1 Å². The highest BCUT2D eigenvalue weighted by atomic mass is 16.6. The standard InChI is InChI=1S/C25H39N3O5/c1-7-8-11-26-22(30)21(18-13-16(2)12-17(3)14-18)28(19-9-10-19)23(31)20(15-29)27-24(32)33-25(4,5)6/h12-14,19-21,29H,7-11,15H2,1-6H3,(H,26,30)(H,27,32). The molecule has 1 saturated carbocycles. The number of nitrogens with one attached hydrogen (secondary N) is 2. The van der Waals surface area contributed by atoms with E-state index in [-0.39, 0.29) is 11.9 Å². The van der Waals surface area contributed by atoms with Crippen molar-refractivity contribution in [2.75, 3.05) is 13.2 Å². The highest BCUT2D eigenvalue weighted by molar-refractivity contribution is 5.92. The van der Waals surface area contributed by atoms with Crippen molar-refractivity contribution in [2.45, 2.75) is 91.0 Å². The second kappa shape index (κ2) is 11.5. The van der Waals surface area contributed by atoms with Crippen LogP contribution in [-0.4, -0.2) is 58.8 Å². The minimum absolute atomic E-state index is 0.130. The number of carbonyl (C=O) groups is 3. The topological polar surface area (TPSA) is 108 Å². The Morgan fingerprint density at radius 1 is 1.15 bits per heavy atom. The minimum atomic E-state index is -1.21.